The molecule has 0 unspecified atom stereocenters. The lowest BCUT2D eigenvalue weighted by Crippen LogP contribution is -2.33. The van der Waals surface area contributed by atoms with E-state index in [0.717, 1.165) is 5.56 Å². The lowest BCUT2D eigenvalue weighted by Gasteiger charge is -2.28. The molecular formula is C23H22ClN3O4S. The number of nitrogens with zero attached hydrogens (tertiary/aromatic N) is 2. The first-order valence-electron chi connectivity index (χ1n) is 9.91. The largest absolute Gasteiger partial charge is 0.497 e. The molecule has 0 radical (unpaired) electrons. The minimum atomic E-state index is -0.495. The van der Waals surface area contributed by atoms with E-state index in [1.807, 2.05) is 24.3 Å². The van der Waals surface area contributed by atoms with Gasteiger partial charge in [-0.15, -0.1) is 0 Å². The van der Waals surface area contributed by atoms with Gasteiger partial charge >= 0.3 is 0 Å². The third-order valence-electron chi connectivity index (χ3n) is 5.39. The second-order valence-corrected chi connectivity index (χ2v) is 8.73. The summed E-state index contributed by atoms with van der Waals surface area (Å²) in [6.45, 7) is 0. The van der Waals surface area contributed by atoms with Crippen LogP contribution in [0, 0.1) is 0 Å². The number of methoxy groups -OCH3 is 2. The standard InChI is InChI=1S/C23H22ClN3O4S/c1-27-21-20(22(29)26-23(27)32-12-13-4-6-14(24)7-5-13)17(11-19(28)25-21)16-10-15(30-2)8-9-18(16)31-3/h4-10,17H,11-12H2,1-3H3,(H,25,28)/t17-/m0/s1. The van der Waals surface area contributed by atoms with E-state index in [9.17, 15) is 9.59 Å². The predicted octanol–water partition coefficient (Wildman–Crippen LogP) is 4.22. The van der Waals surface area contributed by atoms with Crippen molar-refractivity contribution in [1.82, 2.24) is 9.55 Å². The van der Waals surface area contributed by atoms with Gasteiger partial charge in [0.1, 0.15) is 17.3 Å². The van der Waals surface area contributed by atoms with Crippen LogP contribution in [0.15, 0.2) is 52.4 Å². The fraction of sp³-hybridized carbons (Fsp3) is 0.261. The van der Waals surface area contributed by atoms with Crippen molar-refractivity contribution in [3.05, 3.63) is 74.5 Å². The van der Waals surface area contributed by atoms with Gasteiger partial charge in [-0.05, 0) is 35.9 Å². The molecule has 2 heterocycles. The number of rotatable bonds is 6. The van der Waals surface area contributed by atoms with Gasteiger partial charge in [0.05, 0.1) is 19.8 Å². The average Bonchev–Trinajstić information content (AvgIpc) is 2.80. The number of thioether (sulfide) groups is 1. The summed E-state index contributed by atoms with van der Waals surface area (Å²) in [7, 11) is 4.92. The second kappa shape index (κ2) is 9.26. The van der Waals surface area contributed by atoms with Crippen molar-refractivity contribution in [3.8, 4) is 11.5 Å². The SMILES string of the molecule is COc1ccc(OC)c([C@@H]2CC(=O)Nc3c2c(=O)nc(SCc2ccc(Cl)cc2)n3C)c1. The number of carbonyl (C=O) groups is 1. The molecule has 1 aromatic heterocycles. The van der Waals surface area contributed by atoms with Gasteiger partial charge < -0.3 is 19.4 Å². The van der Waals surface area contributed by atoms with Gasteiger partial charge in [-0.1, -0.05) is 35.5 Å². The number of ether oxygens (including phenoxy) is 2. The summed E-state index contributed by atoms with van der Waals surface area (Å²) in [5.41, 5.74) is 1.83. The Labute approximate surface area is 194 Å². The van der Waals surface area contributed by atoms with Crippen molar-refractivity contribution in [1.29, 1.82) is 0 Å². The third-order valence-corrected chi connectivity index (χ3v) is 6.75. The number of carbonyl (C=O) groups excluding carboxylic acids is 1. The Hall–Kier alpha value is -2.97. The Morgan fingerprint density at radius 1 is 1.16 bits per heavy atom. The smallest absolute Gasteiger partial charge is 0.279 e. The summed E-state index contributed by atoms with van der Waals surface area (Å²) >= 11 is 7.37. The van der Waals surface area contributed by atoms with E-state index >= 15 is 0 Å². The highest BCUT2D eigenvalue weighted by Crippen LogP contribution is 2.41. The van der Waals surface area contributed by atoms with Gasteiger partial charge in [0.2, 0.25) is 5.91 Å². The summed E-state index contributed by atoms with van der Waals surface area (Å²) in [5, 5.41) is 4.04. The molecule has 7 nitrogen and oxygen atoms in total. The highest BCUT2D eigenvalue weighted by atomic mass is 35.5. The number of hydrogen-bond acceptors (Lipinski definition) is 6. The minimum absolute atomic E-state index is 0.116. The molecule has 9 heteroatoms. The quantitative estimate of drug-likeness (QED) is 0.428. The van der Waals surface area contributed by atoms with E-state index in [-0.39, 0.29) is 17.9 Å². The van der Waals surface area contributed by atoms with E-state index in [1.165, 1.54) is 11.8 Å². The van der Waals surface area contributed by atoms with E-state index in [0.29, 0.717) is 44.4 Å². The zero-order valence-corrected chi connectivity index (χ0v) is 19.4. The zero-order chi connectivity index (χ0) is 22.8. The Bertz CT molecular complexity index is 1230. The van der Waals surface area contributed by atoms with Crippen molar-refractivity contribution in [3.63, 3.8) is 0 Å². The molecule has 1 amide bonds. The molecular weight excluding hydrogens is 450 g/mol. The first-order valence-corrected chi connectivity index (χ1v) is 11.3. The Morgan fingerprint density at radius 2 is 1.91 bits per heavy atom. The van der Waals surface area contributed by atoms with E-state index in [1.54, 1.807) is 44.0 Å². The number of halogens is 1. The minimum Gasteiger partial charge on any atom is -0.497 e. The number of anilines is 1. The molecule has 1 atom stereocenters. The number of aromatic nitrogens is 2. The van der Waals surface area contributed by atoms with Gasteiger partial charge in [0.25, 0.3) is 5.56 Å². The Kier molecular flexibility index (Phi) is 6.43. The molecule has 0 bridgehead atoms. The molecule has 0 saturated heterocycles. The van der Waals surface area contributed by atoms with Crippen LogP contribution < -0.4 is 20.3 Å². The maximum Gasteiger partial charge on any atom is 0.279 e. The first kappa shape index (κ1) is 22.2. The fourth-order valence-electron chi connectivity index (χ4n) is 3.77. The molecule has 0 saturated carbocycles. The van der Waals surface area contributed by atoms with Crippen LogP contribution in [0.1, 0.15) is 29.0 Å². The molecule has 1 aliphatic heterocycles. The van der Waals surface area contributed by atoms with Crippen molar-refractivity contribution in [2.24, 2.45) is 7.05 Å². The second-order valence-electron chi connectivity index (χ2n) is 7.35. The third kappa shape index (κ3) is 4.33. The average molecular weight is 472 g/mol. The van der Waals surface area contributed by atoms with Crippen LogP contribution in [0.4, 0.5) is 5.82 Å². The summed E-state index contributed by atoms with van der Waals surface area (Å²) in [4.78, 5) is 30.1. The van der Waals surface area contributed by atoms with E-state index in [2.05, 4.69) is 10.3 Å². The molecule has 0 spiro atoms. The normalized spacial score (nSPS) is 15.1. The van der Waals surface area contributed by atoms with Crippen molar-refractivity contribution < 1.29 is 14.3 Å². The van der Waals surface area contributed by atoms with Gasteiger partial charge in [-0.2, -0.15) is 4.98 Å². The monoisotopic (exact) mass is 471 g/mol. The molecule has 4 rings (SSSR count). The lowest BCUT2D eigenvalue weighted by molar-refractivity contribution is -0.116. The number of hydrogen-bond donors (Lipinski definition) is 1. The van der Waals surface area contributed by atoms with Crippen LogP contribution in [-0.2, 0) is 17.6 Å². The van der Waals surface area contributed by atoms with Crippen LogP contribution in [0.25, 0.3) is 0 Å². The summed E-state index contributed by atoms with van der Waals surface area (Å²) in [5.74, 6) is 1.59. The molecule has 166 valence electrons. The Morgan fingerprint density at radius 3 is 2.59 bits per heavy atom. The van der Waals surface area contributed by atoms with Crippen LogP contribution in [0.3, 0.4) is 0 Å². The molecule has 2 aromatic carbocycles. The van der Waals surface area contributed by atoms with Gasteiger partial charge in [-0.3, -0.25) is 9.59 Å². The van der Waals surface area contributed by atoms with Gasteiger partial charge in [0, 0.05) is 35.7 Å². The zero-order valence-electron chi connectivity index (χ0n) is 17.8. The molecule has 3 aromatic rings. The molecule has 1 N–H and O–H groups in total. The number of nitrogens with one attached hydrogen (secondary N) is 1. The van der Waals surface area contributed by atoms with Crippen LogP contribution in [0.2, 0.25) is 5.02 Å². The van der Waals surface area contributed by atoms with Crippen LogP contribution in [-0.4, -0.2) is 29.7 Å². The van der Waals surface area contributed by atoms with E-state index in [4.69, 9.17) is 21.1 Å². The molecule has 1 aliphatic rings. The highest BCUT2D eigenvalue weighted by Gasteiger charge is 2.34. The Balaban J connectivity index is 1.75. The van der Waals surface area contributed by atoms with Crippen molar-refractivity contribution in [2.45, 2.75) is 23.2 Å². The topological polar surface area (TPSA) is 82.4 Å². The fourth-order valence-corrected chi connectivity index (χ4v) is 4.82. The summed E-state index contributed by atoms with van der Waals surface area (Å²) < 4.78 is 12.6. The van der Waals surface area contributed by atoms with Crippen LogP contribution in [0.5, 0.6) is 11.5 Å². The summed E-state index contributed by atoms with van der Waals surface area (Å²) in [6.07, 6.45) is 0.116. The number of benzene rings is 2. The first-order chi connectivity index (χ1) is 15.4. The number of fused-ring (bicyclic) bond motifs is 1. The van der Waals surface area contributed by atoms with Crippen LogP contribution >= 0.6 is 23.4 Å². The van der Waals surface area contributed by atoms with E-state index < -0.39 is 5.92 Å². The maximum absolute atomic E-state index is 13.2. The maximum atomic E-state index is 13.2. The number of amides is 1. The van der Waals surface area contributed by atoms with Gasteiger partial charge in [0.15, 0.2) is 5.16 Å². The van der Waals surface area contributed by atoms with Crippen molar-refractivity contribution in [2.75, 3.05) is 19.5 Å². The predicted molar refractivity (Wildman–Crippen MR) is 125 cm³/mol. The lowest BCUT2D eigenvalue weighted by atomic mass is 9.86. The molecule has 0 fully saturated rings. The van der Waals surface area contributed by atoms with Gasteiger partial charge in [-0.25, -0.2) is 0 Å². The summed E-state index contributed by atoms with van der Waals surface area (Å²) in [6, 6.07) is 12.9. The van der Waals surface area contributed by atoms with Crippen molar-refractivity contribution >= 4 is 35.1 Å². The molecule has 0 aliphatic carbocycles. The molecule has 32 heavy (non-hydrogen) atoms. The highest BCUT2D eigenvalue weighted by molar-refractivity contribution is 7.98.